The summed E-state index contributed by atoms with van der Waals surface area (Å²) in [6.07, 6.45) is 3.18. The van der Waals surface area contributed by atoms with E-state index < -0.39 is 0 Å². The first kappa shape index (κ1) is 5.28. The van der Waals surface area contributed by atoms with Crippen molar-refractivity contribution in [2.45, 2.75) is 6.92 Å². The summed E-state index contributed by atoms with van der Waals surface area (Å²) >= 11 is 0. The van der Waals surface area contributed by atoms with E-state index in [0.29, 0.717) is 5.78 Å². The molecule has 5 nitrogen and oxygen atoms in total. The highest BCUT2D eigenvalue weighted by Crippen LogP contribution is 1.91. The number of rotatable bonds is 0. The summed E-state index contributed by atoms with van der Waals surface area (Å²) < 4.78 is 1.52. The van der Waals surface area contributed by atoms with Gasteiger partial charge in [-0.3, -0.25) is 0 Å². The standard InChI is InChI=1S/C5H5N5/c1-4-2-7-10-3-6-9-5(10)8-4/h2-3H,1H3. The van der Waals surface area contributed by atoms with Crippen molar-refractivity contribution in [2.75, 3.05) is 0 Å². The molecule has 0 fully saturated rings. The van der Waals surface area contributed by atoms with Crippen LogP contribution in [0.4, 0.5) is 0 Å². The highest BCUT2D eigenvalue weighted by atomic mass is 15.4. The molecule has 0 aliphatic rings. The molecule has 50 valence electrons. The first-order chi connectivity index (χ1) is 4.86. The number of aromatic nitrogens is 5. The third-order valence-corrected chi connectivity index (χ3v) is 1.16. The molecule has 0 N–H and O–H groups in total. The molecular weight excluding hydrogens is 130 g/mol. The van der Waals surface area contributed by atoms with E-state index in [1.54, 1.807) is 6.20 Å². The Morgan fingerprint density at radius 2 is 2.40 bits per heavy atom. The van der Waals surface area contributed by atoms with Gasteiger partial charge >= 0.3 is 0 Å². The molecule has 0 aromatic carbocycles. The zero-order chi connectivity index (χ0) is 6.97. The van der Waals surface area contributed by atoms with Gasteiger partial charge in [0.25, 0.3) is 5.78 Å². The highest BCUT2D eigenvalue weighted by molar-refractivity contribution is 5.22. The molecular formula is C5H5N5. The second kappa shape index (κ2) is 1.73. The van der Waals surface area contributed by atoms with Crippen molar-refractivity contribution >= 4 is 5.78 Å². The van der Waals surface area contributed by atoms with Gasteiger partial charge in [0.05, 0.1) is 11.9 Å². The summed E-state index contributed by atoms with van der Waals surface area (Å²) in [7, 11) is 0. The fourth-order valence-electron chi connectivity index (χ4n) is 0.711. The number of hydrogen-bond donors (Lipinski definition) is 0. The van der Waals surface area contributed by atoms with Gasteiger partial charge in [0, 0.05) is 0 Å². The predicted octanol–water partition coefficient (Wildman–Crippen LogP) is -0.172. The van der Waals surface area contributed by atoms with Crippen LogP contribution in [-0.2, 0) is 0 Å². The molecule has 2 aromatic rings. The Morgan fingerprint density at radius 3 is 3.30 bits per heavy atom. The van der Waals surface area contributed by atoms with Gasteiger partial charge in [-0.1, -0.05) is 0 Å². The van der Waals surface area contributed by atoms with Gasteiger partial charge in [-0.25, -0.2) is 4.98 Å². The molecule has 0 aliphatic heterocycles. The number of hydrogen-bond acceptors (Lipinski definition) is 4. The third-order valence-electron chi connectivity index (χ3n) is 1.16. The van der Waals surface area contributed by atoms with Crippen LogP contribution in [0.3, 0.4) is 0 Å². The summed E-state index contributed by atoms with van der Waals surface area (Å²) in [5.74, 6) is 0.542. The van der Waals surface area contributed by atoms with Gasteiger partial charge in [-0.15, -0.1) is 10.2 Å². The largest absolute Gasteiger partial charge is 0.271 e. The molecule has 0 spiro atoms. The van der Waals surface area contributed by atoms with Gasteiger partial charge in [0.1, 0.15) is 6.33 Å². The van der Waals surface area contributed by atoms with Crippen LogP contribution >= 0.6 is 0 Å². The zero-order valence-corrected chi connectivity index (χ0v) is 5.39. The molecule has 5 heteroatoms. The minimum Gasteiger partial charge on any atom is -0.213 e. The lowest BCUT2D eigenvalue weighted by molar-refractivity contribution is 0.882. The minimum atomic E-state index is 0.542. The van der Waals surface area contributed by atoms with Gasteiger partial charge in [-0.2, -0.15) is 9.61 Å². The van der Waals surface area contributed by atoms with Gasteiger partial charge in [-0.05, 0) is 6.92 Å². The van der Waals surface area contributed by atoms with Crippen molar-refractivity contribution in [3.05, 3.63) is 18.2 Å². The lowest BCUT2D eigenvalue weighted by Gasteiger charge is -1.88. The molecule has 0 saturated carbocycles. The Kier molecular flexibility index (Phi) is 0.913. The van der Waals surface area contributed by atoms with E-state index in [1.807, 2.05) is 6.92 Å². The monoisotopic (exact) mass is 135 g/mol. The average Bonchev–Trinajstić information content (AvgIpc) is 2.33. The molecule has 2 aromatic heterocycles. The van der Waals surface area contributed by atoms with E-state index in [9.17, 15) is 0 Å². The summed E-state index contributed by atoms with van der Waals surface area (Å²) in [6.45, 7) is 1.86. The quantitative estimate of drug-likeness (QED) is 0.503. The first-order valence-corrected chi connectivity index (χ1v) is 2.86. The summed E-state index contributed by atoms with van der Waals surface area (Å²) in [6, 6.07) is 0. The fourth-order valence-corrected chi connectivity index (χ4v) is 0.711. The molecule has 0 aliphatic carbocycles. The van der Waals surface area contributed by atoms with E-state index in [-0.39, 0.29) is 0 Å². The Bertz CT molecular complexity index is 352. The third kappa shape index (κ3) is 0.637. The smallest absolute Gasteiger partial charge is 0.213 e. The van der Waals surface area contributed by atoms with Crippen molar-refractivity contribution in [1.82, 2.24) is 24.8 Å². The van der Waals surface area contributed by atoms with Crippen LogP contribution in [0, 0.1) is 6.92 Å². The normalized spacial score (nSPS) is 10.5. The Hall–Kier alpha value is -1.52. The van der Waals surface area contributed by atoms with Crippen molar-refractivity contribution in [3.8, 4) is 0 Å². The Labute approximate surface area is 56.7 Å². The SMILES string of the molecule is Cc1cnn2cnnc2n1. The second-order valence-corrected chi connectivity index (χ2v) is 1.97. The zero-order valence-electron chi connectivity index (χ0n) is 5.39. The lowest BCUT2D eigenvalue weighted by Crippen LogP contribution is -1.93. The van der Waals surface area contributed by atoms with Gasteiger partial charge < -0.3 is 0 Å². The molecule has 2 heterocycles. The maximum absolute atomic E-state index is 4.06. The van der Waals surface area contributed by atoms with Crippen LogP contribution in [-0.4, -0.2) is 24.8 Å². The maximum atomic E-state index is 4.06. The molecule has 0 atom stereocenters. The van der Waals surface area contributed by atoms with Crippen LogP contribution in [0.1, 0.15) is 5.69 Å². The van der Waals surface area contributed by atoms with E-state index in [0.717, 1.165) is 5.69 Å². The van der Waals surface area contributed by atoms with E-state index in [2.05, 4.69) is 20.3 Å². The first-order valence-electron chi connectivity index (χ1n) is 2.86. The lowest BCUT2D eigenvalue weighted by atomic mass is 10.5. The van der Waals surface area contributed by atoms with Crippen LogP contribution in [0.25, 0.3) is 5.78 Å². The molecule has 0 bridgehead atoms. The van der Waals surface area contributed by atoms with E-state index in [1.165, 1.54) is 10.8 Å². The molecule has 2 rings (SSSR count). The Morgan fingerprint density at radius 1 is 1.50 bits per heavy atom. The summed E-state index contributed by atoms with van der Waals surface area (Å²) in [4.78, 5) is 4.06. The highest BCUT2D eigenvalue weighted by Gasteiger charge is 1.94. The van der Waals surface area contributed by atoms with E-state index in [4.69, 9.17) is 0 Å². The minimum absolute atomic E-state index is 0.542. The Balaban J connectivity index is 2.86. The summed E-state index contributed by atoms with van der Waals surface area (Å²) in [5.41, 5.74) is 0.848. The van der Waals surface area contributed by atoms with Crippen molar-refractivity contribution in [1.29, 1.82) is 0 Å². The fraction of sp³-hybridized carbons (Fsp3) is 0.200. The van der Waals surface area contributed by atoms with Crippen LogP contribution in [0.5, 0.6) is 0 Å². The van der Waals surface area contributed by atoms with Gasteiger partial charge in [0.2, 0.25) is 0 Å². The molecule has 0 unspecified atom stereocenters. The van der Waals surface area contributed by atoms with Gasteiger partial charge in [0.15, 0.2) is 0 Å². The number of aryl methyl sites for hydroxylation is 1. The van der Waals surface area contributed by atoms with Crippen LogP contribution < -0.4 is 0 Å². The average molecular weight is 135 g/mol. The van der Waals surface area contributed by atoms with Crippen molar-refractivity contribution < 1.29 is 0 Å². The number of nitrogens with zero attached hydrogens (tertiary/aromatic N) is 5. The molecule has 10 heavy (non-hydrogen) atoms. The predicted molar refractivity (Wildman–Crippen MR) is 33.3 cm³/mol. The molecule has 0 radical (unpaired) electrons. The summed E-state index contributed by atoms with van der Waals surface area (Å²) in [5, 5.41) is 11.3. The van der Waals surface area contributed by atoms with Crippen molar-refractivity contribution in [3.63, 3.8) is 0 Å². The maximum Gasteiger partial charge on any atom is 0.271 e. The van der Waals surface area contributed by atoms with Crippen molar-refractivity contribution in [2.24, 2.45) is 0 Å². The molecule has 0 saturated heterocycles. The number of fused-ring (bicyclic) bond motifs is 1. The van der Waals surface area contributed by atoms with Crippen LogP contribution in [0.15, 0.2) is 12.5 Å². The second-order valence-electron chi connectivity index (χ2n) is 1.97. The van der Waals surface area contributed by atoms with Crippen LogP contribution in [0.2, 0.25) is 0 Å². The molecule has 0 amide bonds. The topological polar surface area (TPSA) is 56.0 Å². The van der Waals surface area contributed by atoms with E-state index >= 15 is 0 Å².